The zero-order valence-corrected chi connectivity index (χ0v) is 7.18. The van der Waals surface area contributed by atoms with Crippen molar-refractivity contribution in [2.45, 2.75) is 13.0 Å². The minimum Gasteiger partial charge on any atom is -0.392 e. The molecule has 1 N–H and O–H groups in total. The number of aromatic nitrogens is 1. The molecule has 0 atom stereocenters. The number of rotatable bonds is 4. The van der Waals surface area contributed by atoms with Gasteiger partial charge in [-0.15, -0.1) is 0 Å². The molecule has 0 saturated carbocycles. The third kappa shape index (κ3) is 3.17. The van der Waals surface area contributed by atoms with Crippen LogP contribution in [0.5, 0.6) is 0 Å². The van der Waals surface area contributed by atoms with E-state index in [1.807, 2.05) is 6.07 Å². The van der Waals surface area contributed by atoms with Gasteiger partial charge in [-0.1, -0.05) is 12.2 Å². The minimum atomic E-state index is -0.0115. The lowest BCUT2D eigenvalue weighted by molar-refractivity contribution is -0.107. The van der Waals surface area contributed by atoms with Crippen molar-refractivity contribution in [3.8, 4) is 0 Å². The average Bonchev–Trinajstić information content (AvgIpc) is 2.19. The van der Waals surface area contributed by atoms with Gasteiger partial charge < -0.3 is 9.90 Å². The lowest BCUT2D eigenvalue weighted by Crippen LogP contribution is -1.85. The van der Waals surface area contributed by atoms with E-state index in [2.05, 4.69) is 4.98 Å². The van der Waals surface area contributed by atoms with Crippen LogP contribution in [0.3, 0.4) is 0 Å². The molecule has 0 unspecified atom stereocenters. The van der Waals surface area contributed by atoms with E-state index in [4.69, 9.17) is 5.11 Å². The molecule has 0 spiro atoms. The summed E-state index contributed by atoms with van der Waals surface area (Å²) in [5.41, 5.74) is 1.67. The van der Waals surface area contributed by atoms with Gasteiger partial charge in [-0.05, 0) is 17.2 Å². The monoisotopic (exact) mass is 177 g/mol. The van der Waals surface area contributed by atoms with E-state index in [0.29, 0.717) is 6.42 Å². The SMILES string of the molecule is O=CCC=Cc1cncc(CO)c1. The Morgan fingerprint density at radius 3 is 3.00 bits per heavy atom. The Kier molecular flexibility index (Phi) is 3.85. The number of hydrogen-bond acceptors (Lipinski definition) is 3. The van der Waals surface area contributed by atoms with Crippen LogP contribution in [0.1, 0.15) is 17.5 Å². The highest BCUT2D eigenvalue weighted by molar-refractivity contribution is 5.57. The summed E-state index contributed by atoms with van der Waals surface area (Å²) < 4.78 is 0. The van der Waals surface area contributed by atoms with Gasteiger partial charge in [-0.3, -0.25) is 4.98 Å². The van der Waals surface area contributed by atoms with Gasteiger partial charge in [-0.25, -0.2) is 0 Å². The first-order valence-corrected chi connectivity index (χ1v) is 4.02. The van der Waals surface area contributed by atoms with Crippen LogP contribution in [0.25, 0.3) is 6.08 Å². The summed E-state index contributed by atoms with van der Waals surface area (Å²) in [7, 11) is 0. The number of nitrogens with zero attached hydrogens (tertiary/aromatic N) is 1. The van der Waals surface area contributed by atoms with Gasteiger partial charge in [0, 0.05) is 18.8 Å². The molecule has 3 heteroatoms. The van der Waals surface area contributed by atoms with Gasteiger partial charge in [0.25, 0.3) is 0 Å². The summed E-state index contributed by atoms with van der Waals surface area (Å²) >= 11 is 0. The lowest BCUT2D eigenvalue weighted by Gasteiger charge is -1.96. The maximum absolute atomic E-state index is 10.0. The average molecular weight is 177 g/mol. The molecule has 13 heavy (non-hydrogen) atoms. The highest BCUT2D eigenvalue weighted by Gasteiger charge is 1.91. The van der Waals surface area contributed by atoms with Crippen molar-refractivity contribution < 1.29 is 9.90 Å². The van der Waals surface area contributed by atoms with E-state index in [-0.39, 0.29) is 6.61 Å². The molecule has 0 fully saturated rings. The number of pyridine rings is 1. The Hall–Kier alpha value is -1.48. The normalized spacial score (nSPS) is 10.5. The summed E-state index contributed by atoms with van der Waals surface area (Å²) in [4.78, 5) is 13.9. The summed E-state index contributed by atoms with van der Waals surface area (Å²) in [5.74, 6) is 0. The van der Waals surface area contributed by atoms with Crippen LogP contribution in [0.4, 0.5) is 0 Å². The van der Waals surface area contributed by atoms with Crippen molar-refractivity contribution in [1.82, 2.24) is 4.98 Å². The zero-order valence-electron chi connectivity index (χ0n) is 7.18. The highest BCUT2D eigenvalue weighted by atomic mass is 16.3. The van der Waals surface area contributed by atoms with E-state index in [0.717, 1.165) is 17.4 Å². The summed E-state index contributed by atoms with van der Waals surface area (Å²) in [5, 5.41) is 8.81. The zero-order chi connectivity index (χ0) is 9.52. The summed E-state index contributed by atoms with van der Waals surface area (Å²) in [6.07, 6.45) is 8.09. The molecule has 0 saturated heterocycles. The van der Waals surface area contributed by atoms with Crippen LogP contribution in [-0.4, -0.2) is 16.4 Å². The van der Waals surface area contributed by atoms with Gasteiger partial charge in [0.15, 0.2) is 0 Å². The number of allylic oxidation sites excluding steroid dienone is 1. The number of aliphatic hydroxyl groups excluding tert-OH is 1. The highest BCUT2D eigenvalue weighted by Crippen LogP contribution is 2.04. The van der Waals surface area contributed by atoms with Crippen molar-refractivity contribution in [3.63, 3.8) is 0 Å². The molecule has 1 rings (SSSR count). The standard InChI is InChI=1S/C10H11NO2/c12-4-2-1-3-9-5-10(8-13)7-11-6-9/h1,3-7,13H,2,8H2. The lowest BCUT2D eigenvalue weighted by atomic mass is 10.2. The van der Waals surface area contributed by atoms with Crippen molar-refractivity contribution >= 4 is 12.4 Å². The van der Waals surface area contributed by atoms with E-state index in [1.54, 1.807) is 24.5 Å². The molecule has 0 aromatic carbocycles. The largest absolute Gasteiger partial charge is 0.392 e. The second-order valence-corrected chi connectivity index (χ2v) is 2.59. The fraction of sp³-hybridized carbons (Fsp3) is 0.200. The molecule has 1 aromatic heterocycles. The first kappa shape index (κ1) is 9.61. The molecule has 0 aliphatic heterocycles. The third-order valence-corrected chi connectivity index (χ3v) is 1.54. The number of hydrogen-bond donors (Lipinski definition) is 1. The number of aldehydes is 1. The number of carbonyl (C=O) groups is 1. The molecule has 0 amide bonds. The first-order valence-electron chi connectivity index (χ1n) is 4.02. The van der Waals surface area contributed by atoms with Gasteiger partial charge in [0.2, 0.25) is 0 Å². The fourth-order valence-corrected chi connectivity index (χ4v) is 0.945. The molecule has 3 nitrogen and oxygen atoms in total. The Labute approximate surface area is 76.7 Å². The molecule has 0 radical (unpaired) electrons. The van der Waals surface area contributed by atoms with E-state index < -0.39 is 0 Å². The van der Waals surface area contributed by atoms with Crippen molar-refractivity contribution in [1.29, 1.82) is 0 Å². The molecule has 0 aliphatic carbocycles. The van der Waals surface area contributed by atoms with Gasteiger partial charge in [-0.2, -0.15) is 0 Å². The maximum atomic E-state index is 10.0. The van der Waals surface area contributed by atoms with Gasteiger partial charge >= 0.3 is 0 Å². The van der Waals surface area contributed by atoms with Crippen molar-refractivity contribution in [2.75, 3.05) is 0 Å². The topological polar surface area (TPSA) is 50.2 Å². The fourth-order valence-electron chi connectivity index (χ4n) is 0.945. The Morgan fingerprint density at radius 1 is 1.46 bits per heavy atom. The quantitative estimate of drug-likeness (QED) is 0.702. The predicted octanol–water partition coefficient (Wildman–Crippen LogP) is 1.18. The molecule has 0 bridgehead atoms. The molecule has 1 heterocycles. The van der Waals surface area contributed by atoms with E-state index in [9.17, 15) is 4.79 Å². The van der Waals surface area contributed by atoms with Gasteiger partial charge in [0.05, 0.1) is 6.61 Å². The van der Waals surface area contributed by atoms with Gasteiger partial charge in [0.1, 0.15) is 6.29 Å². The number of aliphatic hydroxyl groups is 1. The molecule has 1 aromatic rings. The van der Waals surface area contributed by atoms with Crippen LogP contribution in [0.2, 0.25) is 0 Å². The van der Waals surface area contributed by atoms with E-state index in [1.165, 1.54) is 0 Å². The van der Waals surface area contributed by atoms with Crippen molar-refractivity contribution in [2.24, 2.45) is 0 Å². The Morgan fingerprint density at radius 2 is 2.31 bits per heavy atom. The van der Waals surface area contributed by atoms with Crippen LogP contribution in [0, 0.1) is 0 Å². The molecule has 68 valence electrons. The molecular weight excluding hydrogens is 166 g/mol. The second kappa shape index (κ2) is 5.22. The van der Waals surface area contributed by atoms with E-state index >= 15 is 0 Å². The van der Waals surface area contributed by atoms with Crippen molar-refractivity contribution in [3.05, 3.63) is 35.7 Å². The minimum absolute atomic E-state index is 0.0115. The molecule has 0 aliphatic rings. The molecular formula is C10H11NO2. The number of carbonyl (C=O) groups excluding carboxylic acids is 1. The van der Waals surface area contributed by atoms with Crippen LogP contribution in [0.15, 0.2) is 24.5 Å². The summed E-state index contributed by atoms with van der Waals surface area (Å²) in [6.45, 7) is -0.0115. The van der Waals surface area contributed by atoms with Crippen LogP contribution >= 0.6 is 0 Å². The van der Waals surface area contributed by atoms with Crippen LogP contribution < -0.4 is 0 Å². The van der Waals surface area contributed by atoms with Crippen LogP contribution in [-0.2, 0) is 11.4 Å². The summed E-state index contributed by atoms with van der Waals surface area (Å²) in [6, 6.07) is 1.83. The maximum Gasteiger partial charge on any atom is 0.123 e. The third-order valence-electron chi connectivity index (χ3n) is 1.54. The second-order valence-electron chi connectivity index (χ2n) is 2.59. The Bertz CT molecular complexity index is 308. The first-order chi connectivity index (χ1) is 6.36. The predicted molar refractivity (Wildman–Crippen MR) is 49.9 cm³/mol. The smallest absolute Gasteiger partial charge is 0.123 e. The Balaban J connectivity index is 2.71.